The van der Waals surface area contributed by atoms with Gasteiger partial charge >= 0.3 is 5.97 Å². The number of nitrogens with one attached hydrogen (secondary N) is 1. The van der Waals surface area contributed by atoms with E-state index in [1.165, 1.54) is 35.3 Å². The van der Waals surface area contributed by atoms with Gasteiger partial charge in [-0.1, -0.05) is 30.3 Å². The molecule has 0 radical (unpaired) electrons. The largest absolute Gasteiger partial charge is 0.448 e. The predicted molar refractivity (Wildman–Crippen MR) is 112 cm³/mol. The lowest BCUT2D eigenvalue weighted by Gasteiger charge is -2.23. The van der Waals surface area contributed by atoms with E-state index in [2.05, 4.69) is 28.5 Å². The van der Waals surface area contributed by atoms with Crippen LogP contribution in [0, 0.1) is 0 Å². The highest BCUT2D eigenvalue weighted by molar-refractivity contribution is 7.14. The van der Waals surface area contributed by atoms with E-state index in [-0.39, 0.29) is 5.91 Å². The predicted octanol–water partition coefficient (Wildman–Crippen LogP) is 4.41. The number of hydrogen-bond donors (Lipinski definition) is 1. The summed E-state index contributed by atoms with van der Waals surface area (Å²) in [6, 6.07) is 13.7. The number of fused-ring (bicyclic) bond motifs is 2. The minimum absolute atomic E-state index is 0.348. The summed E-state index contributed by atoms with van der Waals surface area (Å²) in [4.78, 5) is 29.4. The molecule has 0 spiro atoms. The molecule has 146 valence electrons. The number of carbonyl (C=O) groups excluding carboxylic acids is 2. The number of esters is 1. The number of aryl methyl sites for hydroxylation is 2. The van der Waals surface area contributed by atoms with Gasteiger partial charge < -0.3 is 4.74 Å². The molecule has 2 aliphatic rings. The fourth-order valence-electron chi connectivity index (χ4n) is 4.02. The van der Waals surface area contributed by atoms with E-state index in [1.54, 1.807) is 12.1 Å². The molecule has 0 fully saturated rings. The van der Waals surface area contributed by atoms with Crippen molar-refractivity contribution in [3.05, 3.63) is 70.1 Å². The quantitative estimate of drug-likeness (QED) is 0.657. The lowest BCUT2D eigenvalue weighted by Crippen LogP contribution is -2.37. The van der Waals surface area contributed by atoms with Crippen molar-refractivity contribution in [2.24, 2.45) is 0 Å². The Morgan fingerprint density at radius 1 is 1.07 bits per heavy atom. The Labute approximate surface area is 172 Å². The SMILES string of the molecule is O=C1OC(C(=O)Nc2nc(-c3ccc4c(c3)CCCC4)cs2)Cc2ccccc21. The van der Waals surface area contributed by atoms with Crippen molar-refractivity contribution in [2.75, 3.05) is 5.32 Å². The number of carbonyl (C=O) groups is 2. The molecule has 5 nitrogen and oxygen atoms in total. The molecular formula is C23H20N2O3S. The Balaban J connectivity index is 1.30. The first kappa shape index (κ1) is 18.1. The normalized spacial score (nSPS) is 17.8. The standard InChI is InChI=1S/C23H20N2O3S/c26-21(20-12-16-7-3-4-8-18(16)22(27)28-20)25-23-24-19(13-29-23)17-10-9-14-5-1-2-6-15(14)11-17/h3-4,7-11,13,20H,1-2,5-6,12H2,(H,24,25,26). The molecule has 1 aromatic heterocycles. The molecule has 5 rings (SSSR count). The summed E-state index contributed by atoms with van der Waals surface area (Å²) < 4.78 is 5.33. The molecule has 1 N–H and O–H groups in total. The van der Waals surface area contributed by atoms with Crippen molar-refractivity contribution in [2.45, 2.75) is 38.2 Å². The van der Waals surface area contributed by atoms with Crippen LogP contribution in [0.1, 0.15) is 39.9 Å². The lowest BCUT2D eigenvalue weighted by molar-refractivity contribution is -0.125. The fourth-order valence-corrected chi connectivity index (χ4v) is 4.74. The molecule has 3 aromatic rings. The first-order valence-electron chi connectivity index (χ1n) is 9.85. The summed E-state index contributed by atoms with van der Waals surface area (Å²) in [6.45, 7) is 0. The molecule has 1 amide bonds. The Hall–Kier alpha value is -2.99. The van der Waals surface area contributed by atoms with Crippen molar-refractivity contribution < 1.29 is 14.3 Å². The molecule has 1 atom stereocenters. The number of anilines is 1. The smallest absolute Gasteiger partial charge is 0.339 e. The summed E-state index contributed by atoms with van der Waals surface area (Å²) in [5.41, 5.74) is 6.12. The molecule has 6 heteroatoms. The van der Waals surface area contributed by atoms with Gasteiger partial charge in [0.05, 0.1) is 11.3 Å². The summed E-state index contributed by atoms with van der Waals surface area (Å²) in [6.07, 6.45) is 4.29. The van der Waals surface area contributed by atoms with Crippen LogP contribution in [0.3, 0.4) is 0 Å². The maximum Gasteiger partial charge on any atom is 0.339 e. The van der Waals surface area contributed by atoms with E-state index >= 15 is 0 Å². The van der Waals surface area contributed by atoms with Crippen LogP contribution in [-0.4, -0.2) is 23.0 Å². The van der Waals surface area contributed by atoms with Gasteiger partial charge in [-0.15, -0.1) is 11.3 Å². The molecule has 29 heavy (non-hydrogen) atoms. The maximum atomic E-state index is 12.6. The number of ether oxygens (including phenoxy) is 1. The number of thiazole rings is 1. The van der Waals surface area contributed by atoms with Crippen LogP contribution in [0.2, 0.25) is 0 Å². The molecule has 1 unspecified atom stereocenters. The molecule has 2 aromatic carbocycles. The molecule has 1 aliphatic carbocycles. The molecule has 0 saturated heterocycles. The Morgan fingerprint density at radius 2 is 1.90 bits per heavy atom. The maximum absolute atomic E-state index is 12.6. The number of benzene rings is 2. The third-order valence-electron chi connectivity index (χ3n) is 5.56. The average molecular weight is 404 g/mol. The molecule has 0 saturated carbocycles. The minimum Gasteiger partial charge on any atom is -0.448 e. The van der Waals surface area contributed by atoms with Crippen molar-refractivity contribution in [1.29, 1.82) is 0 Å². The third kappa shape index (κ3) is 3.56. The fraction of sp³-hybridized carbons (Fsp3) is 0.261. The first-order valence-corrected chi connectivity index (χ1v) is 10.7. The van der Waals surface area contributed by atoms with Gasteiger partial charge in [0, 0.05) is 17.4 Å². The van der Waals surface area contributed by atoms with Gasteiger partial charge in [-0.25, -0.2) is 9.78 Å². The van der Waals surface area contributed by atoms with Gasteiger partial charge in [-0.3, -0.25) is 10.1 Å². The molecule has 0 bridgehead atoms. The molecular weight excluding hydrogens is 384 g/mol. The second-order valence-corrected chi connectivity index (χ2v) is 8.33. The summed E-state index contributed by atoms with van der Waals surface area (Å²) in [5, 5.41) is 5.27. The number of rotatable bonds is 3. The van der Waals surface area contributed by atoms with Gasteiger partial charge in [0.1, 0.15) is 0 Å². The van der Waals surface area contributed by atoms with E-state index in [4.69, 9.17) is 4.74 Å². The second-order valence-electron chi connectivity index (χ2n) is 7.47. The highest BCUT2D eigenvalue weighted by Gasteiger charge is 2.31. The Kier molecular flexibility index (Phi) is 4.64. The number of cyclic esters (lactones) is 1. The van der Waals surface area contributed by atoms with E-state index in [1.807, 2.05) is 17.5 Å². The minimum atomic E-state index is -0.839. The van der Waals surface area contributed by atoms with E-state index < -0.39 is 12.1 Å². The number of hydrogen-bond acceptors (Lipinski definition) is 5. The zero-order valence-electron chi connectivity index (χ0n) is 15.8. The van der Waals surface area contributed by atoms with Gasteiger partial charge in [0.25, 0.3) is 5.91 Å². The van der Waals surface area contributed by atoms with Crippen LogP contribution in [-0.2, 0) is 28.8 Å². The van der Waals surface area contributed by atoms with Crippen LogP contribution in [0.25, 0.3) is 11.3 Å². The number of aromatic nitrogens is 1. The van der Waals surface area contributed by atoms with Crippen LogP contribution < -0.4 is 5.32 Å². The summed E-state index contributed by atoms with van der Waals surface area (Å²) in [5.74, 6) is -0.805. The van der Waals surface area contributed by atoms with Crippen molar-refractivity contribution in [3.8, 4) is 11.3 Å². The van der Waals surface area contributed by atoms with Crippen LogP contribution in [0.15, 0.2) is 47.8 Å². The zero-order chi connectivity index (χ0) is 19.8. The van der Waals surface area contributed by atoms with Crippen molar-refractivity contribution >= 4 is 28.3 Å². The first-order chi connectivity index (χ1) is 14.2. The van der Waals surface area contributed by atoms with Crippen LogP contribution in [0.5, 0.6) is 0 Å². The Bertz CT molecular complexity index is 1110. The van der Waals surface area contributed by atoms with Gasteiger partial charge in [0.2, 0.25) is 0 Å². The summed E-state index contributed by atoms with van der Waals surface area (Å²) >= 11 is 1.38. The van der Waals surface area contributed by atoms with Crippen LogP contribution >= 0.6 is 11.3 Å². The summed E-state index contributed by atoms with van der Waals surface area (Å²) in [7, 11) is 0. The lowest BCUT2D eigenvalue weighted by atomic mass is 9.90. The number of amides is 1. The second kappa shape index (κ2) is 7.44. The van der Waals surface area contributed by atoms with E-state index in [0.717, 1.165) is 29.7 Å². The van der Waals surface area contributed by atoms with E-state index in [9.17, 15) is 9.59 Å². The average Bonchev–Trinajstić information content (AvgIpc) is 3.22. The van der Waals surface area contributed by atoms with Gasteiger partial charge in [-0.2, -0.15) is 0 Å². The third-order valence-corrected chi connectivity index (χ3v) is 6.32. The van der Waals surface area contributed by atoms with Crippen LogP contribution in [0.4, 0.5) is 5.13 Å². The van der Waals surface area contributed by atoms with Gasteiger partial charge in [0.15, 0.2) is 11.2 Å². The monoisotopic (exact) mass is 404 g/mol. The molecule has 2 heterocycles. The Morgan fingerprint density at radius 3 is 2.79 bits per heavy atom. The molecule has 1 aliphatic heterocycles. The zero-order valence-corrected chi connectivity index (χ0v) is 16.6. The van der Waals surface area contributed by atoms with Gasteiger partial charge in [-0.05, 0) is 54.5 Å². The van der Waals surface area contributed by atoms with Crippen molar-refractivity contribution in [1.82, 2.24) is 4.98 Å². The van der Waals surface area contributed by atoms with Crippen molar-refractivity contribution in [3.63, 3.8) is 0 Å². The highest BCUT2D eigenvalue weighted by atomic mass is 32.1. The number of nitrogens with zero attached hydrogens (tertiary/aromatic N) is 1. The highest BCUT2D eigenvalue weighted by Crippen LogP contribution is 2.30. The topological polar surface area (TPSA) is 68.3 Å². The van der Waals surface area contributed by atoms with E-state index in [0.29, 0.717) is 17.1 Å².